The molecule has 0 aromatic rings. The van der Waals surface area contributed by atoms with Crippen LogP contribution in [-0.4, -0.2) is 5.11 Å². The summed E-state index contributed by atoms with van der Waals surface area (Å²) in [4.78, 5) is 0. The van der Waals surface area contributed by atoms with Crippen LogP contribution in [0.15, 0.2) is 36.1 Å². The summed E-state index contributed by atoms with van der Waals surface area (Å²) in [6, 6.07) is 0. The summed E-state index contributed by atoms with van der Waals surface area (Å²) in [5.74, 6) is -3.43. The van der Waals surface area contributed by atoms with E-state index in [4.69, 9.17) is 5.11 Å². The fraction of sp³-hybridized carbons (Fsp3) is 0.500. The molecule has 0 rings (SSSR count). The third-order valence-electron chi connectivity index (χ3n) is 2.31. The van der Waals surface area contributed by atoms with Crippen LogP contribution in [0, 0.1) is 5.92 Å². The molecule has 0 aromatic carbocycles. The maximum atomic E-state index is 13.3. The Morgan fingerprint density at radius 2 is 1.80 bits per heavy atom. The average molecular weight is 216 g/mol. The van der Waals surface area contributed by atoms with Gasteiger partial charge < -0.3 is 5.11 Å². The molecule has 0 fully saturated rings. The lowest BCUT2D eigenvalue weighted by Gasteiger charge is -2.12. The van der Waals surface area contributed by atoms with E-state index in [1.807, 2.05) is 6.92 Å². The first kappa shape index (κ1) is 13.9. The lowest BCUT2D eigenvalue weighted by atomic mass is 9.95. The molecule has 0 aliphatic rings. The van der Waals surface area contributed by atoms with Gasteiger partial charge in [0.25, 0.3) is 0 Å². The minimum atomic E-state index is -1.32. The van der Waals surface area contributed by atoms with E-state index in [-0.39, 0.29) is 11.5 Å². The van der Waals surface area contributed by atoms with Crippen molar-refractivity contribution in [2.45, 2.75) is 33.1 Å². The van der Waals surface area contributed by atoms with Crippen LogP contribution >= 0.6 is 0 Å². The zero-order valence-electron chi connectivity index (χ0n) is 9.32. The van der Waals surface area contributed by atoms with Gasteiger partial charge in [0.2, 0.25) is 0 Å². The Hall–Kier alpha value is -1.12. The first-order valence-corrected chi connectivity index (χ1v) is 5.04. The molecular weight excluding hydrogens is 198 g/mol. The Morgan fingerprint density at radius 1 is 1.27 bits per heavy atom. The van der Waals surface area contributed by atoms with Gasteiger partial charge in [0.15, 0.2) is 11.7 Å². The van der Waals surface area contributed by atoms with E-state index < -0.39 is 17.4 Å². The van der Waals surface area contributed by atoms with Gasteiger partial charge >= 0.3 is 0 Å². The van der Waals surface area contributed by atoms with E-state index in [0.29, 0.717) is 0 Å². The zero-order valence-corrected chi connectivity index (χ0v) is 9.32. The highest BCUT2D eigenvalue weighted by molar-refractivity contribution is 5.32. The van der Waals surface area contributed by atoms with Gasteiger partial charge in [0.05, 0.1) is 0 Å². The molecule has 3 heteroatoms. The number of aliphatic hydroxyl groups is 1. The van der Waals surface area contributed by atoms with Gasteiger partial charge in [-0.2, -0.15) is 4.39 Å². The number of allylic oxidation sites excluding steroid dienone is 3. The van der Waals surface area contributed by atoms with E-state index in [0.717, 1.165) is 19.3 Å². The van der Waals surface area contributed by atoms with Gasteiger partial charge in [-0.1, -0.05) is 39.8 Å². The molecule has 0 amide bonds. The average Bonchev–Trinajstić information content (AvgIpc) is 2.22. The minimum Gasteiger partial charge on any atom is -0.505 e. The molecule has 0 aromatic heterocycles. The molecular formula is C12H18F2O. The van der Waals surface area contributed by atoms with Crippen molar-refractivity contribution >= 4 is 0 Å². The second-order valence-electron chi connectivity index (χ2n) is 3.64. The molecule has 1 unspecified atom stereocenters. The summed E-state index contributed by atoms with van der Waals surface area (Å²) >= 11 is 0. The SMILES string of the molecule is C=C(O)/C(F)=C(/F)C(=C)C(C)CCCC. The third-order valence-corrected chi connectivity index (χ3v) is 2.31. The van der Waals surface area contributed by atoms with Crippen molar-refractivity contribution < 1.29 is 13.9 Å². The number of hydrogen-bond acceptors (Lipinski definition) is 1. The molecule has 0 aliphatic carbocycles. The minimum absolute atomic E-state index is 0.0798. The number of hydrogen-bond donors (Lipinski definition) is 1. The van der Waals surface area contributed by atoms with Gasteiger partial charge in [-0.15, -0.1) is 0 Å². The fourth-order valence-corrected chi connectivity index (χ4v) is 1.17. The van der Waals surface area contributed by atoms with Crippen LogP contribution in [0.5, 0.6) is 0 Å². The van der Waals surface area contributed by atoms with Gasteiger partial charge in [0.1, 0.15) is 5.76 Å². The van der Waals surface area contributed by atoms with Crippen molar-refractivity contribution in [2.75, 3.05) is 0 Å². The van der Waals surface area contributed by atoms with Crippen molar-refractivity contribution in [3.05, 3.63) is 36.1 Å². The Kier molecular flexibility index (Phi) is 5.90. The van der Waals surface area contributed by atoms with Crippen LogP contribution in [0.4, 0.5) is 8.78 Å². The van der Waals surface area contributed by atoms with Crippen LogP contribution in [-0.2, 0) is 0 Å². The molecule has 1 nitrogen and oxygen atoms in total. The topological polar surface area (TPSA) is 20.2 Å². The molecule has 0 radical (unpaired) electrons. The van der Waals surface area contributed by atoms with Gasteiger partial charge in [-0.3, -0.25) is 0 Å². The quantitative estimate of drug-likeness (QED) is 0.508. The van der Waals surface area contributed by atoms with E-state index in [9.17, 15) is 8.78 Å². The Balaban J connectivity index is 4.57. The molecule has 15 heavy (non-hydrogen) atoms. The predicted molar refractivity (Wildman–Crippen MR) is 58.8 cm³/mol. The molecule has 0 heterocycles. The van der Waals surface area contributed by atoms with Gasteiger partial charge in [-0.05, 0) is 17.9 Å². The second kappa shape index (κ2) is 6.38. The summed E-state index contributed by atoms with van der Waals surface area (Å²) in [6.45, 7) is 10.2. The van der Waals surface area contributed by atoms with E-state index in [1.54, 1.807) is 6.92 Å². The molecule has 1 atom stereocenters. The van der Waals surface area contributed by atoms with Crippen molar-refractivity contribution in [3.8, 4) is 0 Å². The Bertz CT molecular complexity index is 279. The second-order valence-corrected chi connectivity index (χ2v) is 3.64. The summed E-state index contributed by atoms with van der Waals surface area (Å²) < 4.78 is 26.2. The Morgan fingerprint density at radius 3 is 2.20 bits per heavy atom. The highest BCUT2D eigenvalue weighted by atomic mass is 19.2. The van der Waals surface area contributed by atoms with Crippen molar-refractivity contribution in [3.63, 3.8) is 0 Å². The molecule has 1 N–H and O–H groups in total. The zero-order chi connectivity index (χ0) is 12.0. The van der Waals surface area contributed by atoms with Crippen molar-refractivity contribution in [1.29, 1.82) is 0 Å². The molecule has 0 aliphatic heterocycles. The normalized spacial score (nSPS) is 14.4. The molecule has 0 saturated carbocycles. The summed E-state index contributed by atoms with van der Waals surface area (Å²) in [6.07, 6.45) is 2.70. The predicted octanol–water partition coefficient (Wildman–Crippen LogP) is 4.59. The summed E-state index contributed by atoms with van der Waals surface area (Å²) in [5.41, 5.74) is 0.0798. The van der Waals surface area contributed by atoms with Crippen LogP contribution in [0.1, 0.15) is 33.1 Å². The lowest BCUT2D eigenvalue weighted by molar-refractivity contribution is 0.378. The number of rotatable bonds is 6. The monoisotopic (exact) mass is 216 g/mol. The largest absolute Gasteiger partial charge is 0.505 e. The first-order chi connectivity index (χ1) is 6.91. The first-order valence-electron chi connectivity index (χ1n) is 5.04. The van der Waals surface area contributed by atoms with Crippen LogP contribution < -0.4 is 0 Å². The maximum Gasteiger partial charge on any atom is 0.199 e. The number of unbranched alkanes of at least 4 members (excludes halogenated alkanes) is 1. The highest BCUT2D eigenvalue weighted by Crippen LogP contribution is 2.28. The highest BCUT2D eigenvalue weighted by Gasteiger charge is 2.17. The number of aliphatic hydroxyl groups excluding tert-OH is 1. The maximum absolute atomic E-state index is 13.3. The fourth-order valence-electron chi connectivity index (χ4n) is 1.17. The molecule has 0 bridgehead atoms. The van der Waals surface area contributed by atoms with Crippen molar-refractivity contribution in [1.82, 2.24) is 0 Å². The van der Waals surface area contributed by atoms with Gasteiger partial charge in [0, 0.05) is 0 Å². The van der Waals surface area contributed by atoms with Crippen LogP contribution in [0.3, 0.4) is 0 Å². The third kappa shape index (κ3) is 4.28. The molecule has 0 spiro atoms. The van der Waals surface area contributed by atoms with E-state index >= 15 is 0 Å². The van der Waals surface area contributed by atoms with Crippen LogP contribution in [0.2, 0.25) is 0 Å². The standard InChI is InChI=1S/C12H18F2O/c1-5-6-7-8(2)9(3)11(13)12(14)10(4)15/h8,15H,3-7H2,1-2H3/b12-11-. The molecule has 0 saturated heterocycles. The smallest absolute Gasteiger partial charge is 0.199 e. The van der Waals surface area contributed by atoms with E-state index in [2.05, 4.69) is 13.2 Å². The number of halogens is 2. The van der Waals surface area contributed by atoms with Crippen molar-refractivity contribution in [2.24, 2.45) is 5.92 Å². The van der Waals surface area contributed by atoms with Gasteiger partial charge in [-0.25, -0.2) is 4.39 Å². The van der Waals surface area contributed by atoms with Crippen LogP contribution in [0.25, 0.3) is 0 Å². The lowest BCUT2D eigenvalue weighted by Crippen LogP contribution is -2.01. The summed E-state index contributed by atoms with van der Waals surface area (Å²) in [7, 11) is 0. The Labute approximate surface area is 89.8 Å². The summed E-state index contributed by atoms with van der Waals surface area (Å²) in [5, 5.41) is 8.69. The van der Waals surface area contributed by atoms with E-state index in [1.165, 1.54) is 0 Å². The molecule has 86 valence electrons.